The first-order chi connectivity index (χ1) is 16.3. The van der Waals surface area contributed by atoms with Gasteiger partial charge in [-0.2, -0.15) is 0 Å². The minimum Gasteiger partial charge on any atom is -0.463 e. The Morgan fingerprint density at radius 3 is 2.20 bits per heavy atom. The Labute approximate surface area is 214 Å². The van der Waals surface area contributed by atoms with Crippen LogP contribution < -0.4 is 5.32 Å². The number of nitrogens with one attached hydrogen (secondary N) is 1. The second-order valence-electron chi connectivity index (χ2n) is 11.3. The van der Waals surface area contributed by atoms with Gasteiger partial charge < -0.3 is 15.0 Å². The lowest BCUT2D eigenvalue weighted by Crippen LogP contribution is -2.61. The van der Waals surface area contributed by atoms with Crippen molar-refractivity contribution in [1.82, 2.24) is 15.1 Å². The van der Waals surface area contributed by atoms with Crippen molar-refractivity contribution in [2.45, 2.75) is 119 Å². The summed E-state index contributed by atoms with van der Waals surface area (Å²) in [5.74, 6) is -0.508. The lowest BCUT2D eigenvalue weighted by Gasteiger charge is -2.42. The summed E-state index contributed by atoms with van der Waals surface area (Å²) in [6, 6.07) is -0.810. The fourth-order valence-corrected chi connectivity index (χ4v) is 4.99. The Morgan fingerprint density at radius 1 is 1.11 bits per heavy atom. The van der Waals surface area contributed by atoms with E-state index in [0.717, 1.165) is 38.6 Å². The van der Waals surface area contributed by atoms with Gasteiger partial charge in [-0.3, -0.25) is 14.5 Å². The molecule has 0 spiro atoms. The average molecular weight is 494 g/mol. The van der Waals surface area contributed by atoms with Crippen molar-refractivity contribution in [2.75, 3.05) is 20.2 Å². The monoisotopic (exact) mass is 493 g/mol. The van der Waals surface area contributed by atoms with E-state index in [9.17, 15) is 14.4 Å². The standard InChI is InChI=1S/C28H51N3O4/c1-11-21(12-2)31-17-15-14-16-22(31)25(32)29-24(28(7,8)9)26(33)30(10)23(19(4)5)18-20(6)27(34)35-13-3/h18-19,21-24H,11-17H2,1-10H3,(H,29,32)/b20-18+/t22?,23-,24-/m1/s1. The molecule has 0 aromatic carbocycles. The molecule has 2 amide bonds. The normalized spacial score (nSPS) is 19.4. The van der Waals surface area contributed by atoms with Crippen molar-refractivity contribution in [2.24, 2.45) is 11.3 Å². The minimum absolute atomic E-state index is 0.0578. The molecule has 202 valence electrons. The first kappa shape index (κ1) is 31.1. The van der Waals surface area contributed by atoms with Crippen LogP contribution in [0.5, 0.6) is 0 Å². The highest BCUT2D eigenvalue weighted by molar-refractivity contribution is 5.91. The van der Waals surface area contributed by atoms with Gasteiger partial charge in [0.1, 0.15) is 6.04 Å². The molecule has 0 radical (unpaired) electrons. The first-order valence-corrected chi connectivity index (χ1v) is 13.5. The van der Waals surface area contributed by atoms with E-state index in [1.807, 2.05) is 34.6 Å². The van der Waals surface area contributed by atoms with Crippen LogP contribution in [0.4, 0.5) is 0 Å². The molecule has 1 fully saturated rings. The summed E-state index contributed by atoms with van der Waals surface area (Å²) < 4.78 is 5.12. The Kier molecular flexibility index (Phi) is 12.5. The van der Waals surface area contributed by atoms with Crippen LogP contribution in [0.3, 0.4) is 0 Å². The summed E-state index contributed by atoms with van der Waals surface area (Å²) in [6.45, 7) is 19.0. The van der Waals surface area contributed by atoms with Crippen LogP contribution >= 0.6 is 0 Å². The molecule has 3 atom stereocenters. The largest absolute Gasteiger partial charge is 0.463 e. The van der Waals surface area contributed by atoms with E-state index in [2.05, 4.69) is 24.1 Å². The number of hydrogen-bond acceptors (Lipinski definition) is 5. The number of esters is 1. The van der Waals surface area contributed by atoms with Gasteiger partial charge in [-0.25, -0.2) is 4.79 Å². The predicted octanol–water partition coefficient (Wildman–Crippen LogP) is 4.55. The maximum atomic E-state index is 13.8. The summed E-state index contributed by atoms with van der Waals surface area (Å²) in [7, 11) is 1.75. The summed E-state index contributed by atoms with van der Waals surface area (Å²) in [4.78, 5) is 43.6. The molecule has 0 aliphatic carbocycles. The second kappa shape index (κ2) is 14.0. The van der Waals surface area contributed by atoms with Gasteiger partial charge >= 0.3 is 5.97 Å². The molecule has 1 unspecified atom stereocenters. The fraction of sp³-hybridized carbons (Fsp3) is 0.821. The third-order valence-corrected chi connectivity index (χ3v) is 7.15. The van der Waals surface area contributed by atoms with E-state index < -0.39 is 11.5 Å². The number of rotatable bonds is 11. The van der Waals surface area contributed by atoms with Gasteiger partial charge in [0.05, 0.1) is 18.7 Å². The lowest BCUT2D eigenvalue weighted by atomic mass is 9.84. The maximum absolute atomic E-state index is 13.8. The lowest BCUT2D eigenvalue weighted by molar-refractivity contribution is -0.142. The number of piperidine rings is 1. The van der Waals surface area contributed by atoms with Gasteiger partial charge in [-0.05, 0) is 57.4 Å². The van der Waals surface area contributed by atoms with Crippen molar-refractivity contribution in [3.05, 3.63) is 11.6 Å². The molecule has 35 heavy (non-hydrogen) atoms. The Bertz CT molecular complexity index is 737. The van der Waals surface area contributed by atoms with Crippen molar-refractivity contribution >= 4 is 17.8 Å². The quantitative estimate of drug-likeness (QED) is 0.337. The zero-order valence-corrected chi connectivity index (χ0v) is 23.9. The van der Waals surface area contributed by atoms with E-state index >= 15 is 0 Å². The van der Waals surface area contributed by atoms with E-state index in [0.29, 0.717) is 18.2 Å². The summed E-state index contributed by atoms with van der Waals surface area (Å²) in [5.41, 5.74) is 0.00110. The molecular weight excluding hydrogens is 442 g/mol. The molecule has 1 aliphatic heterocycles. The summed E-state index contributed by atoms with van der Waals surface area (Å²) in [6.07, 6.45) is 6.76. The Morgan fingerprint density at radius 2 is 1.71 bits per heavy atom. The zero-order valence-electron chi connectivity index (χ0n) is 23.9. The van der Waals surface area contributed by atoms with Gasteiger partial charge in [0.25, 0.3) is 0 Å². The third-order valence-electron chi connectivity index (χ3n) is 7.15. The van der Waals surface area contributed by atoms with E-state index in [1.54, 1.807) is 31.9 Å². The fourth-order valence-electron chi connectivity index (χ4n) is 4.99. The third kappa shape index (κ3) is 8.62. The van der Waals surface area contributed by atoms with Crippen LogP contribution in [0.25, 0.3) is 0 Å². The molecule has 0 aromatic rings. The zero-order chi connectivity index (χ0) is 26.9. The molecule has 1 N–H and O–H groups in total. The van der Waals surface area contributed by atoms with Gasteiger partial charge in [0.2, 0.25) is 11.8 Å². The number of likely N-dealkylation sites (N-methyl/N-ethyl adjacent to an activating group) is 1. The van der Waals surface area contributed by atoms with Crippen molar-refractivity contribution in [3.8, 4) is 0 Å². The van der Waals surface area contributed by atoms with E-state index in [-0.39, 0.29) is 35.8 Å². The molecule has 1 aliphatic rings. The number of ether oxygens (including phenoxy) is 1. The molecule has 7 nitrogen and oxygen atoms in total. The van der Waals surface area contributed by atoms with Gasteiger partial charge in [-0.15, -0.1) is 0 Å². The van der Waals surface area contributed by atoms with Crippen molar-refractivity contribution in [1.29, 1.82) is 0 Å². The summed E-state index contributed by atoms with van der Waals surface area (Å²) >= 11 is 0. The van der Waals surface area contributed by atoms with Crippen LogP contribution in [0.1, 0.15) is 94.4 Å². The predicted molar refractivity (Wildman–Crippen MR) is 142 cm³/mol. The molecule has 0 bridgehead atoms. The number of carbonyl (C=O) groups excluding carboxylic acids is 3. The van der Waals surface area contributed by atoms with Gasteiger partial charge in [-0.1, -0.05) is 61.0 Å². The molecule has 1 rings (SSSR count). The molecule has 1 heterocycles. The second-order valence-corrected chi connectivity index (χ2v) is 11.3. The average Bonchev–Trinajstić information content (AvgIpc) is 2.80. The number of carbonyl (C=O) groups is 3. The highest BCUT2D eigenvalue weighted by atomic mass is 16.5. The number of nitrogens with zero attached hydrogens (tertiary/aromatic N) is 2. The first-order valence-electron chi connectivity index (χ1n) is 13.5. The van der Waals surface area contributed by atoms with Crippen LogP contribution in [-0.2, 0) is 19.1 Å². The number of amides is 2. The van der Waals surface area contributed by atoms with Crippen LogP contribution in [0, 0.1) is 11.3 Å². The highest BCUT2D eigenvalue weighted by Crippen LogP contribution is 2.27. The number of hydrogen-bond donors (Lipinski definition) is 1. The van der Waals surface area contributed by atoms with Crippen LogP contribution in [0.2, 0.25) is 0 Å². The summed E-state index contributed by atoms with van der Waals surface area (Å²) in [5, 5.41) is 3.15. The van der Waals surface area contributed by atoms with E-state index in [1.165, 1.54) is 0 Å². The Balaban J connectivity index is 3.19. The maximum Gasteiger partial charge on any atom is 0.333 e. The molecule has 0 aromatic heterocycles. The highest BCUT2D eigenvalue weighted by Gasteiger charge is 2.40. The van der Waals surface area contributed by atoms with Crippen LogP contribution in [-0.4, -0.2) is 72.0 Å². The topological polar surface area (TPSA) is 79.0 Å². The van der Waals surface area contributed by atoms with Crippen molar-refractivity contribution < 1.29 is 19.1 Å². The molecular formula is C28H51N3O4. The van der Waals surface area contributed by atoms with Crippen LogP contribution in [0.15, 0.2) is 11.6 Å². The minimum atomic E-state index is -0.678. The van der Waals surface area contributed by atoms with Gasteiger partial charge in [0, 0.05) is 18.7 Å². The Hall–Kier alpha value is -1.89. The van der Waals surface area contributed by atoms with Gasteiger partial charge in [0.15, 0.2) is 0 Å². The van der Waals surface area contributed by atoms with E-state index in [4.69, 9.17) is 4.74 Å². The smallest absolute Gasteiger partial charge is 0.333 e. The molecule has 0 saturated carbocycles. The molecule has 7 heteroatoms. The number of likely N-dealkylation sites (tertiary alicyclic amines) is 1. The SMILES string of the molecule is CCOC(=O)/C(C)=C/[C@H](C(C)C)N(C)C(=O)[C@@H](NC(=O)C1CCCCN1C(CC)CC)C(C)(C)C. The van der Waals surface area contributed by atoms with Crippen molar-refractivity contribution in [3.63, 3.8) is 0 Å². The molecule has 1 saturated heterocycles.